The highest BCUT2D eigenvalue weighted by atomic mass is 32.2. The molecule has 2 aromatic carbocycles. The Kier molecular flexibility index (Phi) is 6.28. The Bertz CT molecular complexity index is 1050. The number of anilines is 1. The van der Waals surface area contributed by atoms with Crippen molar-refractivity contribution in [2.24, 2.45) is 0 Å². The molecule has 1 saturated heterocycles. The van der Waals surface area contributed by atoms with Crippen LogP contribution in [0.15, 0.2) is 41.3 Å². The Hall–Kier alpha value is -2.71. The zero-order valence-corrected chi connectivity index (χ0v) is 18.4. The number of esters is 1. The first kappa shape index (κ1) is 22.0. The molecule has 1 atom stereocenters. The van der Waals surface area contributed by atoms with Gasteiger partial charge in [-0.25, -0.2) is 13.2 Å². The van der Waals surface area contributed by atoms with Gasteiger partial charge >= 0.3 is 5.97 Å². The Morgan fingerprint density at radius 2 is 1.67 bits per heavy atom. The van der Waals surface area contributed by atoms with Gasteiger partial charge in [0.05, 0.1) is 17.6 Å². The summed E-state index contributed by atoms with van der Waals surface area (Å²) >= 11 is 0. The molecule has 1 N–H and O–H groups in total. The molecule has 0 bridgehead atoms. The van der Waals surface area contributed by atoms with Gasteiger partial charge in [0.2, 0.25) is 15.9 Å². The third-order valence-electron chi connectivity index (χ3n) is 5.25. The first-order chi connectivity index (χ1) is 14.1. The van der Waals surface area contributed by atoms with Crippen molar-refractivity contribution in [2.45, 2.75) is 44.6 Å². The van der Waals surface area contributed by atoms with E-state index in [9.17, 15) is 18.0 Å². The smallest absolute Gasteiger partial charge is 0.337 e. The van der Waals surface area contributed by atoms with E-state index >= 15 is 0 Å². The van der Waals surface area contributed by atoms with Crippen molar-refractivity contribution in [2.75, 3.05) is 19.0 Å². The summed E-state index contributed by atoms with van der Waals surface area (Å²) < 4.78 is 32.8. The minimum absolute atomic E-state index is 0.273. The van der Waals surface area contributed by atoms with Crippen molar-refractivity contribution in [1.29, 1.82) is 0 Å². The molecule has 8 heteroatoms. The van der Waals surface area contributed by atoms with Gasteiger partial charge in [-0.1, -0.05) is 17.7 Å². The van der Waals surface area contributed by atoms with Crippen LogP contribution in [-0.2, 0) is 19.6 Å². The van der Waals surface area contributed by atoms with Gasteiger partial charge < -0.3 is 10.1 Å². The van der Waals surface area contributed by atoms with Gasteiger partial charge in [0.25, 0.3) is 0 Å². The second-order valence-corrected chi connectivity index (χ2v) is 9.39. The maximum absolute atomic E-state index is 13.4. The van der Waals surface area contributed by atoms with Gasteiger partial charge in [-0.2, -0.15) is 4.31 Å². The molecule has 0 aromatic heterocycles. The van der Waals surface area contributed by atoms with Gasteiger partial charge in [0.1, 0.15) is 6.04 Å². The first-order valence-electron chi connectivity index (χ1n) is 9.74. The lowest BCUT2D eigenvalue weighted by atomic mass is 10.1. The fraction of sp³-hybridized carbons (Fsp3) is 0.364. The molecule has 160 valence electrons. The zero-order chi connectivity index (χ0) is 22.1. The number of nitrogens with zero attached hydrogens (tertiary/aromatic N) is 1. The van der Waals surface area contributed by atoms with Crippen LogP contribution in [0.25, 0.3) is 0 Å². The fourth-order valence-electron chi connectivity index (χ4n) is 4.01. The molecule has 1 amide bonds. The summed E-state index contributed by atoms with van der Waals surface area (Å²) in [7, 11) is -2.52. The number of methoxy groups -OCH3 is 1. The number of carbonyl (C=O) groups excluding carboxylic acids is 2. The number of sulfonamides is 1. The third-order valence-corrected chi connectivity index (χ3v) is 7.47. The summed E-state index contributed by atoms with van der Waals surface area (Å²) in [6.45, 7) is 5.78. The van der Waals surface area contributed by atoms with Crippen LogP contribution in [0.5, 0.6) is 0 Å². The number of carbonyl (C=O) groups is 2. The van der Waals surface area contributed by atoms with Crippen molar-refractivity contribution in [3.8, 4) is 0 Å². The summed E-state index contributed by atoms with van der Waals surface area (Å²) in [5.41, 5.74) is 3.20. The first-order valence-corrected chi connectivity index (χ1v) is 11.2. The Morgan fingerprint density at radius 3 is 2.23 bits per heavy atom. The largest absolute Gasteiger partial charge is 0.465 e. The van der Waals surface area contributed by atoms with Gasteiger partial charge in [0.15, 0.2) is 0 Å². The summed E-state index contributed by atoms with van der Waals surface area (Å²) in [5.74, 6) is -0.853. The van der Waals surface area contributed by atoms with Crippen LogP contribution >= 0.6 is 0 Å². The van der Waals surface area contributed by atoms with E-state index in [-0.39, 0.29) is 10.8 Å². The van der Waals surface area contributed by atoms with E-state index in [2.05, 4.69) is 10.1 Å². The molecule has 3 rings (SSSR count). The van der Waals surface area contributed by atoms with Crippen LogP contribution in [0.2, 0.25) is 0 Å². The minimum atomic E-state index is -3.81. The van der Waals surface area contributed by atoms with E-state index in [0.29, 0.717) is 41.8 Å². The highest BCUT2D eigenvalue weighted by Gasteiger charge is 2.40. The molecule has 1 fully saturated rings. The van der Waals surface area contributed by atoms with Crippen molar-refractivity contribution in [3.63, 3.8) is 0 Å². The Balaban J connectivity index is 1.83. The zero-order valence-electron chi connectivity index (χ0n) is 17.6. The van der Waals surface area contributed by atoms with Crippen LogP contribution in [0.1, 0.15) is 39.9 Å². The molecule has 30 heavy (non-hydrogen) atoms. The molecule has 1 aliphatic rings. The fourth-order valence-corrected chi connectivity index (χ4v) is 6.09. The molecule has 1 unspecified atom stereocenters. The molecule has 2 aromatic rings. The normalized spacial score (nSPS) is 17.0. The third kappa shape index (κ3) is 4.24. The second kappa shape index (κ2) is 8.57. The van der Waals surface area contributed by atoms with Gasteiger partial charge in [0, 0.05) is 12.2 Å². The number of ether oxygens (including phenoxy) is 1. The number of aryl methyl sites for hydroxylation is 3. The molecular weight excluding hydrogens is 404 g/mol. The number of hydrogen-bond donors (Lipinski definition) is 1. The van der Waals surface area contributed by atoms with Crippen molar-refractivity contribution in [1.82, 2.24) is 4.31 Å². The number of amides is 1. The van der Waals surface area contributed by atoms with Gasteiger partial charge in [-0.05, 0) is 69.0 Å². The van der Waals surface area contributed by atoms with E-state index < -0.39 is 22.0 Å². The summed E-state index contributed by atoms with van der Waals surface area (Å²) in [5, 5.41) is 2.76. The lowest BCUT2D eigenvalue weighted by Gasteiger charge is -2.25. The lowest BCUT2D eigenvalue weighted by Crippen LogP contribution is -2.43. The molecule has 0 aliphatic carbocycles. The highest BCUT2D eigenvalue weighted by Crippen LogP contribution is 2.31. The molecular formula is C22H26N2O5S. The monoisotopic (exact) mass is 430 g/mol. The molecule has 0 saturated carbocycles. The highest BCUT2D eigenvalue weighted by molar-refractivity contribution is 7.89. The van der Waals surface area contributed by atoms with Crippen molar-refractivity contribution < 1.29 is 22.7 Å². The van der Waals surface area contributed by atoms with Crippen LogP contribution in [-0.4, -0.2) is 44.3 Å². The quantitative estimate of drug-likeness (QED) is 0.736. The van der Waals surface area contributed by atoms with Crippen LogP contribution < -0.4 is 5.32 Å². The average molecular weight is 431 g/mol. The molecule has 7 nitrogen and oxygen atoms in total. The topological polar surface area (TPSA) is 92.8 Å². The molecule has 0 radical (unpaired) electrons. The number of nitrogens with one attached hydrogen (secondary N) is 1. The van der Waals surface area contributed by atoms with Gasteiger partial charge in [-0.15, -0.1) is 0 Å². The molecule has 1 aliphatic heterocycles. The van der Waals surface area contributed by atoms with Crippen LogP contribution in [0, 0.1) is 20.8 Å². The van der Waals surface area contributed by atoms with Crippen LogP contribution in [0.3, 0.4) is 0 Å². The summed E-state index contributed by atoms with van der Waals surface area (Å²) in [4.78, 5) is 24.7. The van der Waals surface area contributed by atoms with E-state index in [1.807, 2.05) is 19.1 Å². The standard InChI is InChI=1S/C22H26N2O5S/c1-14-12-15(2)20(16(3)13-14)30(27,28)24-11-5-6-19(24)21(25)23-18-9-7-17(8-10-18)22(26)29-4/h7-10,12-13,19H,5-6,11H2,1-4H3,(H,23,25). The van der Waals surface area contributed by atoms with E-state index in [0.717, 1.165) is 5.56 Å². The van der Waals surface area contributed by atoms with Crippen LogP contribution in [0.4, 0.5) is 5.69 Å². The maximum Gasteiger partial charge on any atom is 0.337 e. The number of rotatable bonds is 5. The second-order valence-electron chi connectivity index (χ2n) is 7.56. The van der Waals surface area contributed by atoms with E-state index in [4.69, 9.17) is 0 Å². The SMILES string of the molecule is COC(=O)c1ccc(NC(=O)C2CCCN2S(=O)(=O)c2c(C)cc(C)cc2C)cc1. The predicted octanol–water partition coefficient (Wildman–Crippen LogP) is 3.19. The van der Waals surface area contributed by atoms with Crippen molar-refractivity contribution >= 4 is 27.6 Å². The Morgan fingerprint density at radius 1 is 1.07 bits per heavy atom. The predicted molar refractivity (Wildman–Crippen MR) is 114 cm³/mol. The number of hydrogen-bond acceptors (Lipinski definition) is 5. The number of benzene rings is 2. The average Bonchev–Trinajstić information content (AvgIpc) is 3.18. The van der Waals surface area contributed by atoms with E-state index in [1.165, 1.54) is 11.4 Å². The molecule has 1 heterocycles. The maximum atomic E-state index is 13.4. The molecule has 0 spiro atoms. The van der Waals surface area contributed by atoms with E-state index in [1.54, 1.807) is 38.1 Å². The minimum Gasteiger partial charge on any atom is -0.465 e. The lowest BCUT2D eigenvalue weighted by molar-refractivity contribution is -0.119. The van der Waals surface area contributed by atoms with Gasteiger partial charge in [-0.3, -0.25) is 4.79 Å². The van der Waals surface area contributed by atoms with Crippen molar-refractivity contribution in [3.05, 3.63) is 58.7 Å². The Labute approximate surface area is 177 Å². The summed E-state index contributed by atoms with van der Waals surface area (Å²) in [6, 6.07) is 9.17. The summed E-state index contributed by atoms with van der Waals surface area (Å²) in [6.07, 6.45) is 1.07.